The largest absolute Gasteiger partial charge is 0.480 e. The average molecular weight is 534 g/mol. The zero-order chi connectivity index (χ0) is 27.5. The molecule has 0 saturated carbocycles. The second kappa shape index (κ2) is 19.6. The van der Waals surface area contributed by atoms with Crippen molar-refractivity contribution in [3.63, 3.8) is 0 Å². The van der Waals surface area contributed by atoms with Gasteiger partial charge in [0, 0.05) is 12.3 Å². The lowest BCUT2D eigenvalue weighted by Gasteiger charge is -2.24. The van der Waals surface area contributed by atoms with E-state index < -0.39 is 47.9 Å². The quantitative estimate of drug-likeness (QED) is 0.0330. The van der Waals surface area contributed by atoms with E-state index in [0.717, 1.165) is 0 Å². The molecule has 0 aliphatic rings. The number of thiol groups is 1. The maximum atomic E-state index is 12.9. The Morgan fingerprint density at radius 2 is 1.25 bits per heavy atom. The van der Waals surface area contributed by atoms with Crippen LogP contribution in [0.1, 0.15) is 51.4 Å². The van der Waals surface area contributed by atoms with E-state index in [9.17, 15) is 24.3 Å². The monoisotopic (exact) mass is 533 g/mol. The second-order valence-electron chi connectivity index (χ2n) is 8.33. The molecule has 14 nitrogen and oxygen atoms in total. The van der Waals surface area contributed by atoms with Gasteiger partial charge in [0.05, 0.1) is 6.04 Å². The molecular weight excluding hydrogens is 490 g/mol. The SMILES string of the molecule is NCCCCC(NC(=O)C(CCCCN)NC(=O)C(CS)NC(=O)C(N)CCCN=C(N)N)C(=O)O. The van der Waals surface area contributed by atoms with E-state index in [1.807, 2.05) is 0 Å². The highest BCUT2D eigenvalue weighted by molar-refractivity contribution is 7.80. The van der Waals surface area contributed by atoms with E-state index in [0.29, 0.717) is 51.7 Å². The highest BCUT2D eigenvalue weighted by Gasteiger charge is 2.29. The molecule has 0 spiro atoms. The lowest BCUT2D eigenvalue weighted by Crippen LogP contribution is -2.57. The standard InChI is InChI=1S/C21H43N9O5S/c22-9-3-1-7-14(18(32)29-15(20(34)35)8-2-4-10-23)28-19(33)16(12-36)30-17(31)13(24)6-5-11-27-21(25)26/h13-16,36H,1-12,22-24H2,(H,28,33)(H,29,32)(H,30,31)(H,34,35)(H4,25,26,27). The predicted octanol–water partition coefficient (Wildman–Crippen LogP) is -2.91. The van der Waals surface area contributed by atoms with Crippen LogP contribution in [-0.4, -0.2) is 84.3 Å². The molecule has 0 aromatic carbocycles. The van der Waals surface area contributed by atoms with Gasteiger partial charge in [0.25, 0.3) is 0 Å². The van der Waals surface area contributed by atoms with Crippen LogP contribution in [0.2, 0.25) is 0 Å². The van der Waals surface area contributed by atoms with Crippen LogP contribution in [0.15, 0.2) is 4.99 Å². The van der Waals surface area contributed by atoms with Gasteiger partial charge < -0.3 is 49.7 Å². The molecule has 0 aliphatic heterocycles. The Morgan fingerprint density at radius 3 is 1.75 bits per heavy atom. The number of aliphatic carboxylic acids is 1. The Morgan fingerprint density at radius 1 is 0.750 bits per heavy atom. The maximum Gasteiger partial charge on any atom is 0.326 e. The van der Waals surface area contributed by atoms with Crippen molar-refractivity contribution in [2.24, 2.45) is 33.7 Å². The van der Waals surface area contributed by atoms with E-state index in [1.54, 1.807) is 0 Å². The van der Waals surface area contributed by atoms with Crippen molar-refractivity contribution >= 4 is 42.3 Å². The van der Waals surface area contributed by atoms with Gasteiger partial charge in [0.2, 0.25) is 17.7 Å². The summed E-state index contributed by atoms with van der Waals surface area (Å²) in [5.41, 5.74) is 27.4. The molecule has 0 aromatic heterocycles. The molecule has 0 rings (SSSR count). The number of rotatable bonds is 20. The Kier molecular flexibility index (Phi) is 18.1. The number of nitrogens with one attached hydrogen (secondary N) is 3. The molecule has 3 amide bonds. The first-order valence-electron chi connectivity index (χ1n) is 12.0. The molecule has 208 valence electrons. The third-order valence-electron chi connectivity index (χ3n) is 5.26. The fraction of sp³-hybridized carbons (Fsp3) is 0.762. The van der Waals surface area contributed by atoms with Crippen molar-refractivity contribution in [2.75, 3.05) is 25.4 Å². The first-order valence-corrected chi connectivity index (χ1v) is 12.7. The third-order valence-corrected chi connectivity index (χ3v) is 5.63. The molecule has 15 heteroatoms. The van der Waals surface area contributed by atoms with E-state index in [4.69, 9.17) is 28.7 Å². The van der Waals surface area contributed by atoms with Crippen molar-refractivity contribution in [3.8, 4) is 0 Å². The summed E-state index contributed by atoms with van der Waals surface area (Å²) in [7, 11) is 0. The number of aliphatic imine (C=N–C) groups is 1. The van der Waals surface area contributed by atoms with Crippen LogP contribution in [0.3, 0.4) is 0 Å². The predicted molar refractivity (Wildman–Crippen MR) is 141 cm³/mol. The molecular formula is C21H43N9O5S. The van der Waals surface area contributed by atoms with Crippen molar-refractivity contribution < 1.29 is 24.3 Å². The average Bonchev–Trinajstić information content (AvgIpc) is 2.83. The van der Waals surface area contributed by atoms with Gasteiger partial charge in [-0.05, 0) is 64.5 Å². The normalized spacial score (nSPS) is 14.1. The summed E-state index contributed by atoms with van der Waals surface area (Å²) in [4.78, 5) is 53.5. The summed E-state index contributed by atoms with van der Waals surface area (Å²) >= 11 is 4.13. The van der Waals surface area contributed by atoms with E-state index in [2.05, 4.69) is 33.6 Å². The number of carboxylic acid groups (broad SMARTS) is 1. The highest BCUT2D eigenvalue weighted by Crippen LogP contribution is 2.06. The fourth-order valence-electron chi connectivity index (χ4n) is 3.18. The molecule has 0 fully saturated rings. The lowest BCUT2D eigenvalue weighted by atomic mass is 10.1. The second-order valence-corrected chi connectivity index (χ2v) is 8.69. The van der Waals surface area contributed by atoms with Gasteiger partial charge in [0.15, 0.2) is 5.96 Å². The Hall–Kier alpha value is -2.62. The topological polar surface area (TPSA) is 267 Å². The summed E-state index contributed by atoms with van der Waals surface area (Å²) in [6.07, 6.45) is 3.48. The Bertz CT molecular complexity index is 722. The van der Waals surface area contributed by atoms with Gasteiger partial charge in [-0.25, -0.2) is 4.79 Å². The fourth-order valence-corrected chi connectivity index (χ4v) is 3.44. The number of guanidine groups is 1. The minimum Gasteiger partial charge on any atom is -0.480 e. The zero-order valence-electron chi connectivity index (χ0n) is 20.7. The first kappa shape index (κ1) is 33.4. The molecule has 14 N–H and O–H groups in total. The summed E-state index contributed by atoms with van der Waals surface area (Å²) in [5, 5.41) is 17.0. The molecule has 0 saturated heterocycles. The molecule has 0 aromatic rings. The van der Waals surface area contributed by atoms with E-state index in [-0.39, 0.29) is 31.0 Å². The number of carbonyl (C=O) groups is 4. The van der Waals surface area contributed by atoms with Crippen molar-refractivity contribution in [1.82, 2.24) is 16.0 Å². The minimum atomic E-state index is -1.18. The van der Waals surface area contributed by atoms with Crippen LogP contribution in [0.5, 0.6) is 0 Å². The van der Waals surface area contributed by atoms with Gasteiger partial charge in [-0.1, -0.05) is 0 Å². The van der Waals surface area contributed by atoms with Gasteiger partial charge in [-0.2, -0.15) is 12.6 Å². The number of nitrogens with two attached hydrogens (primary N) is 5. The van der Waals surface area contributed by atoms with Crippen molar-refractivity contribution in [2.45, 2.75) is 75.5 Å². The van der Waals surface area contributed by atoms with Crippen LogP contribution in [0, 0.1) is 0 Å². The number of carboxylic acids is 1. The number of nitrogens with zero attached hydrogens (tertiary/aromatic N) is 1. The van der Waals surface area contributed by atoms with Gasteiger partial charge in [0.1, 0.15) is 18.1 Å². The van der Waals surface area contributed by atoms with Crippen molar-refractivity contribution in [1.29, 1.82) is 0 Å². The van der Waals surface area contributed by atoms with E-state index >= 15 is 0 Å². The number of hydrogen-bond donors (Lipinski definition) is 10. The van der Waals surface area contributed by atoms with Gasteiger partial charge in [-0.3, -0.25) is 19.4 Å². The summed E-state index contributed by atoms with van der Waals surface area (Å²) < 4.78 is 0. The summed E-state index contributed by atoms with van der Waals surface area (Å²) in [5.74, 6) is -3.14. The number of carbonyl (C=O) groups excluding carboxylic acids is 3. The van der Waals surface area contributed by atoms with E-state index in [1.165, 1.54) is 0 Å². The van der Waals surface area contributed by atoms with Crippen molar-refractivity contribution in [3.05, 3.63) is 0 Å². The first-order chi connectivity index (χ1) is 17.1. The molecule has 0 bridgehead atoms. The Labute approximate surface area is 217 Å². The highest BCUT2D eigenvalue weighted by atomic mass is 32.1. The molecule has 4 unspecified atom stereocenters. The minimum absolute atomic E-state index is 0.0493. The Balaban J connectivity index is 5.15. The van der Waals surface area contributed by atoms with Crippen LogP contribution >= 0.6 is 12.6 Å². The smallest absolute Gasteiger partial charge is 0.326 e. The summed E-state index contributed by atoms with van der Waals surface area (Å²) in [6, 6.07) is -4.10. The number of hydrogen-bond acceptors (Lipinski definition) is 9. The molecule has 0 aliphatic carbocycles. The van der Waals surface area contributed by atoms with Crippen LogP contribution in [0.25, 0.3) is 0 Å². The molecule has 0 radical (unpaired) electrons. The third kappa shape index (κ3) is 14.7. The summed E-state index contributed by atoms with van der Waals surface area (Å²) in [6.45, 7) is 1.12. The van der Waals surface area contributed by atoms with Crippen LogP contribution in [0.4, 0.5) is 0 Å². The van der Waals surface area contributed by atoms with Gasteiger partial charge >= 0.3 is 5.97 Å². The zero-order valence-corrected chi connectivity index (χ0v) is 21.6. The maximum absolute atomic E-state index is 12.9. The molecule has 0 heterocycles. The molecule has 4 atom stereocenters. The van der Waals surface area contributed by atoms with Crippen LogP contribution in [-0.2, 0) is 19.2 Å². The lowest BCUT2D eigenvalue weighted by molar-refractivity contribution is -0.142. The van der Waals surface area contributed by atoms with Gasteiger partial charge in [-0.15, -0.1) is 0 Å². The molecule has 36 heavy (non-hydrogen) atoms. The number of unbranched alkanes of at least 4 members (excludes halogenated alkanes) is 2. The van der Waals surface area contributed by atoms with Crippen LogP contribution < -0.4 is 44.6 Å². The number of amides is 3.